The summed E-state index contributed by atoms with van der Waals surface area (Å²) in [5.41, 5.74) is 2.79. The second-order valence-electron chi connectivity index (χ2n) is 7.36. The van der Waals surface area contributed by atoms with Crippen LogP contribution in [0.25, 0.3) is 16.7 Å². The second-order valence-corrected chi connectivity index (χ2v) is 7.36. The van der Waals surface area contributed by atoms with Crippen molar-refractivity contribution in [2.75, 3.05) is 31.6 Å². The SMILES string of the molecule is O=C(Nc1ccc2nc(CN3CCOCC3)[nH]c2c1)c1ccn(-c2ccccc2F)n1. The fourth-order valence-corrected chi connectivity index (χ4v) is 3.60. The van der Waals surface area contributed by atoms with Crippen LogP contribution < -0.4 is 5.32 Å². The lowest BCUT2D eigenvalue weighted by molar-refractivity contribution is 0.0332. The number of carbonyl (C=O) groups excluding carboxylic acids is 1. The quantitative estimate of drug-likeness (QED) is 0.518. The minimum atomic E-state index is -0.407. The third-order valence-electron chi connectivity index (χ3n) is 5.19. The number of nitrogens with one attached hydrogen (secondary N) is 2. The van der Waals surface area contributed by atoms with Crippen molar-refractivity contribution in [1.29, 1.82) is 0 Å². The number of halogens is 1. The van der Waals surface area contributed by atoms with Gasteiger partial charge in [0.05, 0.1) is 30.8 Å². The summed E-state index contributed by atoms with van der Waals surface area (Å²) in [6.45, 7) is 3.98. The van der Waals surface area contributed by atoms with Crippen LogP contribution in [0, 0.1) is 5.82 Å². The molecular formula is C22H21FN6O2. The van der Waals surface area contributed by atoms with Crippen molar-refractivity contribution < 1.29 is 13.9 Å². The molecule has 0 unspecified atom stereocenters. The summed E-state index contributed by atoms with van der Waals surface area (Å²) in [4.78, 5) is 22.9. The molecule has 2 N–H and O–H groups in total. The number of morpholine rings is 1. The van der Waals surface area contributed by atoms with Crippen LogP contribution in [0.5, 0.6) is 0 Å². The summed E-state index contributed by atoms with van der Waals surface area (Å²) >= 11 is 0. The topological polar surface area (TPSA) is 88.1 Å². The molecule has 0 radical (unpaired) electrons. The summed E-state index contributed by atoms with van der Waals surface area (Å²) in [5, 5.41) is 7.03. The number of carbonyl (C=O) groups is 1. The second kappa shape index (κ2) is 8.29. The van der Waals surface area contributed by atoms with Crippen LogP contribution in [0.1, 0.15) is 16.3 Å². The fraction of sp³-hybridized carbons (Fsp3) is 0.227. The van der Waals surface area contributed by atoms with Gasteiger partial charge in [-0.15, -0.1) is 0 Å². The molecule has 1 amide bonds. The summed E-state index contributed by atoms with van der Waals surface area (Å²) < 4.78 is 20.7. The molecule has 5 rings (SSSR count). The highest BCUT2D eigenvalue weighted by atomic mass is 19.1. The predicted octanol–water partition coefficient (Wildman–Crippen LogP) is 2.97. The van der Waals surface area contributed by atoms with Gasteiger partial charge < -0.3 is 15.0 Å². The third-order valence-corrected chi connectivity index (χ3v) is 5.19. The van der Waals surface area contributed by atoms with Crippen molar-refractivity contribution in [2.45, 2.75) is 6.54 Å². The van der Waals surface area contributed by atoms with E-state index in [1.54, 1.807) is 36.5 Å². The Hall–Kier alpha value is -3.56. The monoisotopic (exact) mass is 420 g/mol. The molecule has 1 saturated heterocycles. The van der Waals surface area contributed by atoms with E-state index in [1.165, 1.54) is 10.7 Å². The number of nitrogens with zero attached hydrogens (tertiary/aromatic N) is 4. The Morgan fingerprint density at radius 1 is 1.16 bits per heavy atom. The van der Waals surface area contributed by atoms with Crippen LogP contribution in [-0.4, -0.2) is 56.9 Å². The van der Waals surface area contributed by atoms with Crippen LogP contribution in [0.2, 0.25) is 0 Å². The highest BCUT2D eigenvalue weighted by Gasteiger charge is 2.15. The Balaban J connectivity index is 1.30. The normalized spacial score (nSPS) is 14.7. The number of rotatable bonds is 5. The Morgan fingerprint density at radius 3 is 2.84 bits per heavy atom. The molecule has 31 heavy (non-hydrogen) atoms. The molecule has 2 aromatic heterocycles. The Labute approximate surface area is 177 Å². The average Bonchev–Trinajstić information content (AvgIpc) is 3.41. The van der Waals surface area contributed by atoms with E-state index in [1.807, 2.05) is 12.1 Å². The first-order chi connectivity index (χ1) is 15.2. The van der Waals surface area contributed by atoms with Crippen molar-refractivity contribution in [3.05, 3.63) is 72.1 Å². The first-order valence-corrected chi connectivity index (χ1v) is 10.1. The number of aromatic amines is 1. The number of benzene rings is 2. The summed E-state index contributed by atoms with van der Waals surface area (Å²) in [6, 6.07) is 13.3. The van der Waals surface area contributed by atoms with Crippen LogP contribution in [0.3, 0.4) is 0 Å². The van der Waals surface area contributed by atoms with Gasteiger partial charge in [0.25, 0.3) is 5.91 Å². The van der Waals surface area contributed by atoms with E-state index in [9.17, 15) is 9.18 Å². The number of hydrogen-bond donors (Lipinski definition) is 2. The summed E-state index contributed by atoms with van der Waals surface area (Å²) in [5.74, 6) is 0.0987. The average molecular weight is 420 g/mol. The van der Waals surface area contributed by atoms with Gasteiger partial charge in [0.15, 0.2) is 5.69 Å². The number of ether oxygens (including phenoxy) is 1. The number of imidazole rings is 1. The highest BCUT2D eigenvalue weighted by molar-refractivity contribution is 6.03. The molecule has 2 aromatic carbocycles. The number of anilines is 1. The van der Waals surface area contributed by atoms with Gasteiger partial charge in [0.2, 0.25) is 0 Å². The highest BCUT2D eigenvalue weighted by Crippen LogP contribution is 2.19. The van der Waals surface area contributed by atoms with Crippen LogP contribution in [0.4, 0.5) is 10.1 Å². The lowest BCUT2D eigenvalue weighted by atomic mass is 10.2. The number of para-hydroxylation sites is 1. The van der Waals surface area contributed by atoms with E-state index in [0.717, 1.165) is 49.7 Å². The van der Waals surface area contributed by atoms with Gasteiger partial charge in [-0.05, 0) is 36.4 Å². The molecule has 8 nitrogen and oxygen atoms in total. The molecule has 4 aromatic rings. The van der Waals surface area contributed by atoms with Gasteiger partial charge in [0, 0.05) is 25.0 Å². The molecule has 0 bridgehead atoms. The van der Waals surface area contributed by atoms with E-state index < -0.39 is 5.82 Å². The predicted molar refractivity (Wildman–Crippen MR) is 114 cm³/mol. The molecule has 1 aliphatic heterocycles. The van der Waals surface area contributed by atoms with Gasteiger partial charge in [0.1, 0.15) is 17.3 Å². The minimum absolute atomic E-state index is 0.195. The molecule has 0 atom stereocenters. The molecule has 0 aliphatic carbocycles. The van der Waals surface area contributed by atoms with Crippen molar-refractivity contribution in [1.82, 2.24) is 24.6 Å². The molecule has 9 heteroatoms. The fourth-order valence-electron chi connectivity index (χ4n) is 3.60. The maximum atomic E-state index is 14.0. The van der Waals surface area contributed by atoms with Gasteiger partial charge in [-0.3, -0.25) is 9.69 Å². The van der Waals surface area contributed by atoms with Crippen molar-refractivity contribution in [3.63, 3.8) is 0 Å². The first-order valence-electron chi connectivity index (χ1n) is 10.1. The third kappa shape index (κ3) is 4.18. The zero-order valence-electron chi connectivity index (χ0n) is 16.7. The largest absolute Gasteiger partial charge is 0.379 e. The van der Waals surface area contributed by atoms with Crippen LogP contribution in [-0.2, 0) is 11.3 Å². The minimum Gasteiger partial charge on any atom is -0.379 e. The van der Waals surface area contributed by atoms with Crippen LogP contribution in [0.15, 0.2) is 54.7 Å². The van der Waals surface area contributed by atoms with E-state index in [2.05, 4.69) is 25.3 Å². The Kier molecular flexibility index (Phi) is 5.19. The number of H-pyrrole nitrogens is 1. The number of amides is 1. The van der Waals surface area contributed by atoms with Crippen molar-refractivity contribution in [2.24, 2.45) is 0 Å². The van der Waals surface area contributed by atoms with E-state index in [-0.39, 0.29) is 17.3 Å². The molecule has 158 valence electrons. The van der Waals surface area contributed by atoms with E-state index in [4.69, 9.17) is 4.74 Å². The Bertz CT molecular complexity index is 1230. The summed E-state index contributed by atoms with van der Waals surface area (Å²) in [7, 11) is 0. The van der Waals surface area contributed by atoms with Crippen molar-refractivity contribution in [3.8, 4) is 5.69 Å². The van der Waals surface area contributed by atoms with Gasteiger partial charge in [-0.25, -0.2) is 14.1 Å². The molecule has 3 heterocycles. The number of fused-ring (bicyclic) bond motifs is 1. The van der Waals surface area contributed by atoms with Gasteiger partial charge in [-0.1, -0.05) is 12.1 Å². The van der Waals surface area contributed by atoms with E-state index in [0.29, 0.717) is 5.69 Å². The lowest BCUT2D eigenvalue weighted by Crippen LogP contribution is -2.35. The van der Waals surface area contributed by atoms with Gasteiger partial charge >= 0.3 is 0 Å². The Morgan fingerprint density at radius 2 is 2.00 bits per heavy atom. The van der Waals surface area contributed by atoms with E-state index >= 15 is 0 Å². The maximum absolute atomic E-state index is 14.0. The van der Waals surface area contributed by atoms with Crippen LogP contribution >= 0.6 is 0 Å². The number of hydrogen-bond acceptors (Lipinski definition) is 5. The zero-order valence-corrected chi connectivity index (χ0v) is 16.7. The smallest absolute Gasteiger partial charge is 0.276 e. The zero-order chi connectivity index (χ0) is 21.2. The number of aromatic nitrogens is 4. The van der Waals surface area contributed by atoms with Crippen molar-refractivity contribution >= 4 is 22.6 Å². The molecule has 0 spiro atoms. The molecule has 1 aliphatic rings. The van der Waals surface area contributed by atoms with Gasteiger partial charge in [-0.2, -0.15) is 5.10 Å². The standard InChI is InChI=1S/C22H21FN6O2/c23-16-3-1-2-4-20(16)29-8-7-18(27-29)22(30)24-15-5-6-17-19(13-15)26-21(25-17)14-28-9-11-31-12-10-28/h1-8,13H,9-12,14H2,(H,24,30)(H,25,26). The summed E-state index contributed by atoms with van der Waals surface area (Å²) in [6.07, 6.45) is 1.56. The molecule has 0 saturated carbocycles. The molecular weight excluding hydrogens is 399 g/mol. The first kappa shape index (κ1) is 19.4. The molecule has 1 fully saturated rings. The lowest BCUT2D eigenvalue weighted by Gasteiger charge is -2.25. The maximum Gasteiger partial charge on any atom is 0.276 e.